The minimum absolute atomic E-state index is 0.859. The standard InChI is InChI=1S/C58H36N2O2/c1-2-15-38-32-43(31-30-37(38)14-1)59(41-18-11-16-39(33-41)45-24-13-25-50-48-22-5-9-28-55(48)61-57(45)50)44-35-51(58-52(36-44)49-23-6-10-29-56(49)62-58)40-17-12-19-42(34-40)60-53-26-7-3-20-46(53)47-21-4-8-27-54(47)60/h1-36H. The Morgan fingerprint density at radius 2 is 0.887 bits per heavy atom. The maximum absolute atomic E-state index is 6.82. The van der Waals surface area contributed by atoms with Crippen LogP contribution in [0.15, 0.2) is 227 Å². The third-order valence-corrected chi connectivity index (χ3v) is 12.5. The maximum atomic E-state index is 6.82. The minimum atomic E-state index is 0.859. The van der Waals surface area contributed by atoms with Crippen molar-refractivity contribution in [1.29, 1.82) is 0 Å². The molecule has 62 heavy (non-hydrogen) atoms. The lowest BCUT2D eigenvalue weighted by Crippen LogP contribution is -2.10. The van der Waals surface area contributed by atoms with E-state index in [1.807, 2.05) is 18.2 Å². The molecule has 0 atom stereocenters. The summed E-state index contributed by atoms with van der Waals surface area (Å²) in [6, 6.07) is 78.1. The highest BCUT2D eigenvalue weighted by Crippen LogP contribution is 2.46. The van der Waals surface area contributed by atoms with E-state index in [0.717, 1.165) is 88.9 Å². The first-order valence-electron chi connectivity index (χ1n) is 21.1. The first-order chi connectivity index (χ1) is 30.7. The van der Waals surface area contributed by atoms with Crippen LogP contribution in [0.2, 0.25) is 0 Å². The van der Waals surface area contributed by atoms with E-state index in [1.165, 1.54) is 32.6 Å². The summed E-state index contributed by atoms with van der Waals surface area (Å²) in [7, 11) is 0. The summed E-state index contributed by atoms with van der Waals surface area (Å²) in [4.78, 5) is 2.39. The molecular weight excluding hydrogens is 757 g/mol. The molecule has 0 bridgehead atoms. The quantitative estimate of drug-likeness (QED) is 0.168. The molecule has 0 saturated heterocycles. The topological polar surface area (TPSA) is 34.5 Å². The van der Waals surface area contributed by atoms with Crippen molar-refractivity contribution in [3.8, 4) is 27.9 Å². The number of nitrogens with zero attached hydrogens (tertiary/aromatic N) is 2. The van der Waals surface area contributed by atoms with Crippen molar-refractivity contribution < 1.29 is 8.83 Å². The van der Waals surface area contributed by atoms with E-state index < -0.39 is 0 Å². The van der Waals surface area contributed by atoms with Crippen molar-refractivity contribution in [2.24, 2.45) is 0 Å². The molecule has 4 heteroatoms. The second-order valence-electron chi connectivity index (χ2n) is 16.1. The van der Waals surface area contributed by atoms with E-state index in [0.29, 0.717) is 0 Å². The van der Waals surface area contributed by atoms with Crippen LogP contribution in [0.25, 0.3) is 104 Å². The lowest BCUT2D eigenvalue weighted by molar-refractivity contribution is 0.669. The molecule has 290 valence electrons. The molecule has 0 aliphatic carbocycles. The number of para-hydroxylation sites is 5. The smallest absolute Gasteiger partial charge is 0.143 e. The minimum Gasteiger partial charge on any atom is -0.455 e. The first-order valence-corrected chi connectivity index (χ1v) is 21.1. The fourth-order valence-corrected chi connectivity index (χ4v) is 9.72. The number of furan rings is 2. The normalized spacial score (nSPS) is 11.9. The Kier molecular flexibility index (Phi) is 7.57. The van der Waals surface area contributed by atoms with Gasteiger partial charge >= 0.3 is 0 Å². The molecule has 4 nitrogen and oxygen atoms in total. The fourth-order valence-electron chi connectivity index (χ4n) is 9.72. The van der Waals surface area contributed by atoms with Crippen LogP contribution in [0.1, 0.15) is 0 Å². The van der Waals surface area contributed by atoms with Gasteiger partial charge in [0.25, 0.3) is 0 Å². The number of hydrogen-bond acceptors (Lipinski definition) is 3. The molecule has 0 radical (unpaired) electrons. The van der Waals surface area contributed by atoms with Crippen molar-refractivity contribution in [2.45, 2.75) is 0 Å². The molecule has 0 aliphatic heterocycles. The molecular formula is C58H36N2O2. The highest BCUT2D eigenvalue weighted by atomic mass is 16.3. The van der Waals surface area contributed by atoms with Gasteiger partial charge in [0, 0.05) is 66.2 Å². The number of hydrogen-bond donors (Lipinski definition) is 0. The molecule has 13 rings (SSSR count). The summed E-state index contributed by atoms with van der Waals surface area (Å²) in [5.74, 6) is 0. The largest absolute Gasteiger partial charge is 0.455 e. The van der Waals surface area contributed by atoms with Gasteiger partial charge < -0.3 is 18.3 Å². The monoisotopic (exact) mass is 792 g/mol. The molecule has 10 aromatic carbocycles. The third-order valence-electron chi connectivity index (χ3n) is 12.5. The fraction of sp³-hybridized carbons (Fsp3) is 0. The van der Waals surface area contributed by atoms with E-state index in [1.54, 1.807) is 0 Å². The number of rotatable bonds is 6. The van der Waals surface area contributed by atoms with Gasteiger partial charge in [0.2, 0.25) is 0 Å². The Morgan fingerprint density at radius 3 is 1.65 bits per heavy atom. The Balaban J connectivity index is 1.05. The molecule has 0 spiro atoms. The molecule has 0 aliphatic rings. The Bertz CT molecular complexity index is 3850. The van der Waals surface area contributed by atoms with Crippen LogP contribution in [-0.4, -0.2) is 4.57 Å². The molecule has 0 unspecified atom stereocenters. The predicted octanol–water partition coefficient (Wildman–Crippen LogP) is 16.5. The zero-order chi connectivity index (χ0) is 40.7. The second-order valence-corrected chi connectivity index (χ2v) is 16.1. The van der Waals surface area contributed by atoms with Gasteiger partial charge in [-0.3, -0.25) is 0 Å². The van der Waals surface area contributed by atoms with E-state index in [4.69, 9.17) is 8.83 Å². The van der Waals surface area contributed by atoms with Crippen LogP contribution in [0.5, 0.6) is 0 Å². The zero-order valence-corrected chi connectivity index (χ0v) is 33.5. The average Bonchev–Trinajstić information content (AvgIpc) is 4.01. The van der Waals surface area contributed by atoms with E-state index >= 15 is 0 Å². The van der Waals surface area contributed by atoms with Gasteiger partial charge in [-0.1, -0.05) is 146 Å². The van der Waals surface area contributed by atoms with Gasteiger partial charge in [0.15, 0.2) is 0 Å². The second kappa shape index (κ2) is 13.6. The van der Waals surface area contributed by atoms with Crippen molar-refractivity contribution in [2.75, 3.05) is 4.90 Å². The van der Waals surface area contributed by atoms with Crippen LogP contribution in [0, 0.1) is 0 Å². The Morgan fingerprint density at radius 1 is 0.323 bits per heavy atom. The van der Waals surface area contributed by atoms with Crippen molar-refractivity contribution >= 4 is 93.5 Å². The van der Waals surface area contributed by atoms with Gasteiger partial charge in [-0.2, -0.15) is 0 Å². The molecule has 3 aromatic heterocycles. The van der Waals surface area contributed by atoms with Gasteiger partial charge in [0.05, 0.1) is 11.0 Å². The number of benzene rings is 10. The number of fused-ring (bicyclic) bond motifs is 10. The van der Waals surface area contributed by atoms with Crippen molar-refractivity contribution in [3.05, 3.63) is 218 Å². The van der Waals surface area contributed by atoms with Crippen LogP contribution in [0.4, 0.5) is 17.1 Å². The first kappa shape index (κ1) is 34.5. The molecule has 13 aromatic rings. The Labute approximate surface area is 356 Å². The number of anilines is 3. The van der Waals surface area contributed by atoms with E-state index in [2.05, 4.69) is 210 Å². The van der Waals surface area contributed by atoms with Gasteiger partial charge in [0.1, 0.15) is 22.3 Å². The summed E-state index contributed by atoms with van der Waals surface area (Å²) in [5.41, 5.74) is 14.3. The van der Waals surface area contributed by atoms with Gasteiger partial charge in [-0.15, -0.1) is 0 Å². The highest BCUT2D eigenvalue weighted by molar-refractivity contribution is 6.13. The Hall–Kier alpha value is -8.34. The van der Waals surface area contributed by atoms with Crippen LogP contribution in [-0.2, 0) is 0 Å². The van der Waals surface area contributed by atoms with Crippen LogP contribution in [0.3, 0.4) is 0 Å². The number of aromatic nitrogens is 1. The van der Waals surface area contributed by atoms with Gasteiger partial charge in [-0.05, 0) is 94.7 Å². The van der Waals surface area contributed by atoms with Gasteiger partial charge in [-0.25, -0.2) is 0 Å². The molecule has 3 heterocycles. The van der Waals surface area contributed by atoms with Crippen molar-refractivity contribution in [1.82, 2.24) is 4.57 Å². The lowest BCUT2D eigenvalue weighted by Gasteiger charge is -2.27. The maximum Gasteiger partial charge on any atom is 0.143 e. The summed E-state index contributed by atoms with van der Waals surface area (Å²) in [6.45, 7) is 0. The van der Waals surface area contributed by atoms with Crippen molar-refractivity contribution in [3.63, 3.8) is 0 Å². The van der Waals surface area contributed by atoms with E-state index in [-0.39, 0.29) is 0 Å². The SMILES string of the molecule is c1cc(-c2cccc3c2oc2ccccc23)cc(N(c2ccc3ccccc3c2)c2cc(-c3cccc(-n4c5ccccc5c5ccccc54)c3)c3oc4ccccc4c3c2)c1. The third kappa shape index (κ3) is 5.33. The summed E-state index contributed by atoms with van der Waals surface area (Å²) >= 11 is 0. The predicted molar refractivity (Wildman–Crippen MR) is 258 cm³/mol. The lowest BCUT2D eigenvalue weighted by atomic mass is 9.98. The van der Waals surface area contributed by atoms with Crippen LogP contribution < -0.4 is 4.90 Å². The summed E-state index contributed by atoms with van der Waals surface area (Å²) < 4.78 is 15.8. The summed E-state index contributed by atoms with van der Waals surface area (Å²) in [5, 5.41) is 9.21. The average molecular weight is 793 g/mol. The van der Waals surface area contributed by atoms with Crippen LogP contribution >= 0.6 is 0 Å². The molecule has 0 N–H and O–H groups in total. The summed E-state index contributed by atoms with van der Waals surface area (Å²) in [6.07, 6.45) is 0. The molecule has 0 fully saturated rings. The zero-order valence-electron chi connectivity index (χ0n) is 33.5. The molecule has 0 saturated carbocycles. The highest BCUT2D eigenvalue weighted by Gasteiger charge is 2.22. The molecule has 0 amide bonds. The van der Waals surface area contributed by atoms with E-state index in [9.17, 15) is 0 Å².